The third-order valence-corrected chi connectivity index (χ3v) is 7.67. The molecule has 2 aliphatic rings. The predicted molar refractivity (Wildman–Crippen MR) is 115 cm³/mol. The molecule has 3 rings (SSSR count). The lowest BCUT2D eigenvalue weighted by molar-refractivity contribution is -0.151. The van der Waals surface area contributed by atoms with Crippen LogP contribution in [0.4, 0.5) is 0 Å². The second-order valence-corrected chi connectivity index (χ2v) is 9.40. The molecule has 0 unspecified atom stereocenters. The van der Waals surface area contributed by atoms with E-state index in [9.17, 15) is 24.3 Å². The Morgan fingerprint density at radius 1 is 1.39 bits per heavy atom. The van der Waals surface area contributed by atoms with Crippen molar-refractivity contribution in [3.8, 4) is 0 Å². The zero-order valence-electron chi connectivity index (χ0n) is 17.5. The van der Waals surface area contributed by atoms with Gasteiger partial charge in [-0.15, -0.1) is 11.8 Å². The van der Waals surface area contributed by atoms with Gasteiger partial charge in [0, 0.05) is 23.9 Å². The summed E-state index contributed by atoms with van der Waals surface area (Å²) in [6, 6.07) is -0.809. The molecular formula is C19H23BrN4O6S. The Bertz CT molecular complexity index is 990. The molecule has 0 radical (unpaired) electrons. The van der Waals surface area contributed by atoms with Crippen LogP contribution in [0.2, 0.25) is 0 Å². The third-order valence-electron chi connectivity index (χ3n) is 5.18. The molecule has 0 aliphatic carbocycles. The van der Waals surface area contributed by atoms with Gasteiger partial charge in [-0.2, -0.15) is 5.10 Å². The number of carboxylic acid groups (broad SMARTS) is 1. The van der Waals surface area contributed by atoms with E-state index < -0.39 is 35.2 Å². The first-order chi connectivity index (χ1) is 14.5. The topological polar surface area (TPSA) is 131 Å². The van der Waals surface area contributed by atoms with Gasteiger partial charge in [0.1, 0.15) is 23.7 Å². The first-order valence-electron chi connectivity index (χ1n) is 9.56. The van der Waals surface area contributed by atoms with E-state index in [2.05, 4.69) is 26.3 Å². The largest absolute Gasteiger partial charge is 0.477 e. The van der Waals surface area contributed by atoms with Gasteiger partial charge in [0.2, 0.25) is 5.91 Å². The van der Waals surface area contributed by atoms with Crippen LogP contribution in [0.3, 0.4) is 0 Å². The van der Waals surface area contributed by atoms with Crippen LogP contribution < -0.4 is 5.32 Å². The standard InChI is InChI=1S/C19H23BrN4O6S/c1-8(5-23-10(3)13(20)9(2)22-23)16(26)21-14-17(27)24-15(19(28)29)12(6-30-11(4)25)7-31-18(14)24/h8,14,18H,5-7H2,1-4H3,(H,21,26)(H,28,29)/t8-,14+,18-/m1/s1. The quantitative estimate of drug-likeness (QED) is 0.409. The normalized spacial score (nSPS) is 21.3. The number of aliphatic carboxylic acids is 1. The fourth-order valence-corrected chi connectivity index (χ4v) is 5.09. The summed E-state index contributed by atoms with van der Waals surface area (Å²) < 4.78 is 7.54. The van der Waals surface area contributed by atoms with Crippen LogP contribution in [0, 0.1) is 19.8 Å². The number of amides is 2. The summed E-state index contributed by atoms with van der Waals surface area (Å²) in [5.41, 5.74) is 1.90. The number of esters is 1. The number of carboxylic acids is 1. The monoisotopic (exact) mass is 514 g/mol. The lowest BCUT2D eigenvalue weighted by Crippen LogP contribution is -2.71. The molecule has 3 atom stereocenters. The Hall–Kier alpha value is -2.34. The van der Waals surface area contributed by atoms with Crippen molar-refractivity contribution in [1.29, 1.82) is 0 Å². The number of fused-ring (bicyclic) bond motifs is 1. The fourth-order valence-electron chi connectivity index (χ4n) is 3.47. The lowest BCUT2D eigenvalue weighted by atomic mass is 10.0. The highest BCUT2D eigenvalue weighted by atomic mass is 79.9. The van der Waals surface area contributed by atoms with E-state index in [0.717, 1.165) is 20.8 Å². The summed E-state index contributed by atoms with van der Waals surface area (Å²) in [4.78, 5) is 49.3. The number of thioether (sulfide) groups is 1. The van der Waals surface area contributed by atoms with Gasteiger partial charge in [-0.3, -0.25) is 24.0 Å². The highest BCUT2D eigenvalue weighted by Crippen LogP contribution is 2.40. The number of carbonyl (C=O) groups is 4. The summed E-state index contributed by atoms with van der Waals surface area (Å²) in [5.74, 6) is -2.78. The Kier molecular flexibility index (Phi) is 6.79. The van der Waals surface area contributed by atoms with E-state index >= 15 is 0 Å². The maximum atomic E-state index is 12.7. The molecule has 10 nitrogen and oxygen atoms in total. The molecule has 0 aromatic carbocycles. The first-order valence-corrected chi connectivity index (χ1v) is 11.4. The van der Waals surface area contributed by atoms with E-state index in [0.29, 0.717) is 12.1 Å². The van der Waals surface area contributed by atoms with Crippen LogP contribution in [0.5, 0.6) is 0 Å². The Morgan fingerprint density at radius 3 is 2.61 bits per heavy atom. The van der Waals surface area contributed by atoms with Crippen molar-refractivity contribution >= 4 is 51.4 Å². The van der Waals surface area contributed by atoms with E-state index in [4.69, 9.17) is 4.74 Å². The minimum Gasteiger partial charge on any atom is -0.477 e. The van der Waals surface area contributed by atoms with Crippen LogP contribution in [-0.2, 0) is 30.5 Å². The zero-order valence-corrected chi connectivity index (χ0v) is 19.9. The molecule has 1 aromatic rings. The predicted octanol–water partition coefficient (Wildman–Crippen LogP) is 1.20. The third kappa shape index (κ3) is 4.49. The average Bonchev–Trinajstić information content (AvgIpc) is 2.95. The van der Waals surface area contributed by atoms with E-state index in [1.165, 1.54) is 18.7 Å². The Balaban J connectivity index is 1.67. The number of rotatable bonds is 7. The number of halogens is 1. The number of hydrogen-bond acceptors (Lipinski definition) is 7. The minimum atomic E-state index is -1.27. The molecular weight excluding hydrogens is 492 g/mol. The average molecular weight is 515 g/mol. The molecule has 2 aliphatic heterocycles. The Labute approximate surface area is 191 Å². The number of carbonyl (C=O) groups excluding carboxylic acids is 3. The number of nitrogens with one attached hydrogen (secondary N) is 1. The molecule has 1 fully saturated rings. The summed E-state index contributed by atoms with van der Waals surface area (Å²) in [6.07, 6.45) is 0. The molecule has 31 heavy (non-hydrogen) atoms. The number of β-lactam (4-membered cyclic amide) rings is 1. The zero-order chi connectivity index (χ0) is 23.0. The van der Waals surface area contributed by atoms with Crippen LogP contribution in [0.1, 0.15) is 25.2 Å². The molecule has 168 valence electrons. The number of nitrogens with zero attached hydrogens (tertiary/aromatic N) is 3. The van der Waals surface area contributed by atoms with Gasteiger partial charge >= 0.3 is 11.9 Å². The number of aryl methyl sites for hydroxylation is 1. The van der Waals surface area contributed by atoms with Crippen molar-refractivity contribution in [1.82, 2.24) is 20.0 Å². The van der Waals surface area contributed by atoms with Gasteiger partial charge in [0.15, 0.2) is 0 Å². The van der Waals surface area contributed by atoms with Crippen molar-refractivity contribution in [3.05, 3.63) is 27.1 Å². The summed E-state index contributed by atoms with van der Waals surface area (Å²) in [7, 11) is 0. The van der Waals surface area contributed by atoms with Crippen LogP contribution in [-0.4, -0.2) is 67.3 Å². The second kappa shape index (κ2) is 9.03. The van der Waals surface area contributed by atoms with Crippen LogP contribution >= 0.6 is 27.7 Å². The van der Waals surface area contributed by atoms with Gasteiger partial charge in [-0.1, -0.05) is 6.92 Å². The highest BCUT2D eigenvalue weighted by molar-refractivity contribution is 9.10. The number of hydrogen-bond donors (Lipinski definition) is 2. The Morgan fingerprint density at radius 2 is 2.06 bits per heavy atom. The SMILES string of the molecule is CC(=O)OCC1=C(C(=O)O)N2C(=O)[C@H](NC(=O)[C@H](C)Cn3nc(C)c(Br)c3C)[C@H]2SC1. The minimum absolute atomic E-state index is 0.180. The van der Waals surface area contributed by atoms with E-state index in [-0.39, 0.29) is 24.0 Å². The molecule has 0 saturated carbocycles. The molecule has 0 bridgehead atoms. The van der Waals surface area contributed by atoms with Crippen LogP contribution in [0.15, 0.2) is 15.7 Å². The van der Waals surface area contributed by atoms with Gasteiger partial charge in [0.05, 0.1) is 22.6 Å². The summed E-state index contributed by atoms with van der Waals surface area (Å²) in [5, 5.41) is 16.2. The molecule has 1 aromatic heterocycles. The van der Waals surface area contributed by atoms with E-state index in [1.54, 1.807) is 11.6 Å². The number of aromatic nitrogens is 2. The van der Waals surface area contributed by atoms with Gasteiger partial charge in [0.25, 0.3) is 5.91 Å². The molecule has 2 N–H and O–H groups in total. The maximum absolute atomic E-state index is 12.7. The fraction of sp³-hybridized carbons (Fsp3) is 0.526. The second-order valence-electron chi connectivity index (χ2n) is 7.50. The van der Waals surface area contributed by atoms with Crippen molar-refractivity contribution in [2.45, 2.75) is 45.7 Å². The lowest BCUT2D eigenvalue weighted by Gasteiger charge is -2.49. The van der Waals surface area contributed by atoms with E-state index in [1.807, 2.05) is 13.8 Å². The highest BCUT2D eigenvalue weighted by Gasteiger charge is 2.54. The smallest absolute Gasteiger partial charge is 0.352 e. The van der Waals surface area contributed by atoms with Crippen LogP contribution in [0.25, 0.3) is 0 Å². The maximum Gasteiger partial charge on any atom is 0.352 e. The summed E-state index contributed by atoms with van der Waals surface area (Å²) >= 11 is 4.78. The molecule has 3 heterocycles. The van der Waals surface area contributed by atoms with Crippen molar-refractivity contribution in [2.24, 2.45) is 5.92 Å². The number of ether oxygens (including phenoxy) is 1. The van der Waals surface area contributed by atoms with Crippen molar-refractivity contribution in [3.63, 3.8) is 0 Å². The molecule has 2 amide bonds. The van der Waals surface area contributed by atoms with Gasteiger partial charge in [-0.25, -0.2) is 4.79 Å². The molecule has 12 heteroatoms. The van der Waals surface area contributed by atoms with Gasteiger partial charge in [-0.05, 0) is 29.8 Å². The van der Waals surface area contributed by atoms with Gasteiger partial charge < -0.3 is 15.2 Å². The van der Waals surface area contributed by atoms with Crippen molar-refractivity contribution < 1.29 is 29.0 Å². The van der Waals surface area contributed by atoms with Crippen molar-refractivity contribution in [2.75, 3.05) is 12.4 Å². The molecule has 0 spiro atoms. The summed E-state index contributed by atoms with van der Waals surface area (Å²) in [6.45, 7) is 6.89. The molecule has 1 saturated heterocycles. The first kappa shape index (κ1) is 23.3.